The van der Waals surface area contributed by atoms with Gasteiger partial charge in [0, 0.05) is 5.56 Å². The summed E-state index contributed by atoms with van der Waals surface area (Å²) >= 11 is 0. The molecule has 0 bridgehead atoms. The fourth-order valence-electron chi connectivity index (χ4n) is 2.13. The SMILES string of the molecule is CC(C)C(NC(=O)c1ccccc1)C(=O)N/N=C/c1ccccc1. The highest BCUT2D eigenvalue weighted by Gasteiger charge is 2.24. The summed E-state index contributed by atoms with van der Waals surface area (Å²) in [6.07, 6.45) is 1.56. The van der Waals surface area contributed by atoms with Gasteiger partial charge in [0.05, 0.1) is 6.21 Å². The van der Waals surface area contributed by atoms with Crippen LogP contribution < -0.4 is 10.7 Å². The lowest BCUT2D eigenvalue weighted by molar-refractivity contribution is -0.123. The van der Waals surface area contributed by atoms with Crippen LogP contribution in [0, 0.1) is 5.92 Å². The molecule has 5 heteroatoms. The summed E-state index contributed by atoms with van der Waals surface area (Å²) in [5.41, 5.74) is 3.88. The van der Waals surface area contributed by atoms with Crippen molar-refractivity contribution in [2.45, 2.75) is 19.9 Å². The van der Waals surface area contributed by atoms with E-state index in [1.807, 2.05) is 50.2 Å². The van der Waals surface area contributed by atoms with Crippen LogP contribution in [0.25, 0.3) is 0 Å². The van der Waals surface area contributed by atoms with Crippen LogP contribution in [-0.4, -0.2) is 24.1 Å². The quantitative estimate of drug-likeness (QED) is 0.633. The summed E-state index contributed by atoms with van der Waals surface area (Å²) in [5, 5.41) is 6.71. The van der Waals surface area contributed by atoms with Gasteiger partial charge in [-0.1, -0.05) is 62.4 Å². The average Bonchev–Trinajstić information content (AvgIpc) is 2.60. The van der Waals surface area contributed by atoms with Crippen LogP contribution in [0.4, 0.5) is 0 Å². The maximum Gasteiger partial charge on any atom is 0.262 e. The molecule has 124 valence electrons. The summed E-state index contributed by atoms with van der Waals surface area (Å²) in [6.45, 7) is 3.74. The van der Waals surface area contributed by atoms with Crippen molar-refractivity contribution in [1.82, 2.24) is 10.7 Å². The van der Waals surface area contributed by atoms with Crippen molar-refractivity contribution in [3.8, 4) is 0 Å². The Hall–Kier alpha value is -2.95. The standard InChI is InChI=1S/C19H21N3O2/c1-14(2)17(21-18(23)16-11-7-4-8-12-16)19(24)22-20-13-15-9-5-3-6-10-15/h3-14,17H,1-2H3,(H,21,23)(H,22,24)/b20-13+. The minimum absolute atomic E-state index is 0.0652. The lowest BCUT2D eigenvalue weighted by atomic mass is 10.0. The lowest BCUT2D eigenvalue weighted by Gasteiger charge is -2.20. The summed E-state index contributed by atoms with van der Waals surface area (Å²) in [5.74, 6) is -0.692. The normalized spacial score (nSPS) is 12.1. The topological polar surface area (TPSA) is 70.6 Å². The van der Waals surface area contributed by atoms with Gasteiger partial charge in [0.2, 0.25) is 0 Å². The van der Waals surface area contributed by atoms with Crippen molar-refractivity contribution in [3.63, 3.8) is 0 Å². The Kier molecular flexibility index (Phi) is 6.25. The summed E-state index contributed by atoms with van der Waals surface area (Å²) in [7, 11) is 0. The molecule has 0 aliphatic rings. The van der Waals surface area contributed by atoms with Crippen LogP contribution in [0.2, 0.25) is 0 Å². The van der Waals surface area contributed by atoms with Crippen molar-refractivity contribution in [1.29, 1.82) is 0 Å². The van der Waals surface area contributed by atoms with Gasteiger partial charge in [-0.15, -0.1) is 0 Å². The van der Waals surface area contributed by atoms with Gasteiger partial charge in [-0.25, -0.2) is 5.43 Å². The third kappa shape index (κ3) is 5.05. The number of nitrogens with one attached hydrogen (secondary N) is 2. The maximum absolute atomic E-state index is 12.3. The molecule has 2 aromatic rings. The van der Waals surface area contributed by atoms with Gasteiger partial charge >= 0.3 is 0 Å². The Labute approximate surface area is 141 Å². The Morgan fingerprint density at radius 1 is 0.958 bits per heavy atom. The van der Waals surface area contributed by atoms with E-state index in [-0.39, 0.29) is 17.7 Å². The van der Waals surface area contributed by atoms with E-state index in [4.69, 9.17) is 0 Å². The number of hydrogen-bond acceptors (Lipinski definition) is 3. The molecule has 1 unspecified atom stereocenters. The second-order valence-corrected chi connectivity index (χ2v) is 5.71. The molecule has 0 aliphatic carbocycles. The van der Waals surface area contributed by atoms with Gasteiger partial charge in [-0.3, -0.25) is 9.59 Å². The number of nitrogens with zero attached hydrogens (tertiary/aromatic N) is 1. The highest BCUT2D eigenvalue weighted by Crippen LogP contribution is 2.05. The minimum atomic E-state index is -0.661. The van der Waals surface area contributed by atoms with Gasteiger partial charge in [0.15, 0.2) is 0 Å². The van der Waals surface area contributed by atoms with Crippen molar-refractivity contribution < 1.29 is 9.59 Å². The predicted molar refractivity (Wildman–Crippen MR) is 94.7 cm³/mol. The zero-order chi connectivity index (χ0) is 17.4. The Balaban J connectivity index is 1.98. The minimum Gasteiger partial charge on any atom is -0.340 e. The van der Waals surface area contributed by atoms with E-state index in [9.17, 15) is 9.59 Å². The highest BCUT2D eigenvalue weighted by molar-refractivity contribution is 5.97. The van der Waals surface area contributed by atoms with Crippen LogP contribution in [0.1, 0.15) is 29.8 Å². The van der Waals surface area contributed by atoms with E-state index in [1.165, 1.54) is 0 Å². The molecule has 2 rings (SSSR count). The summed E-state index contributed by atoms with van der Waals surface area (Å²) < 4.78 is 0. The van der Waals surface area contributed by atoms with Crippen LogP contribution >= 0.6 is 0 Å². The van der Waals surface area contributed by atoms with Crippen LogP contribution in [0.3, 0.4) is 0 Å². The first kappa shape index (κ1) is 17.4. The van der Waals surface area contributed by atoms with Crippen molar-refractivity contribution in [2.24, 2.45) is 11.0 Å². The average molecular weight is 323 g/mol. The lowest BCUT2D eigenvalue weighted by Crippen LogP contribution is -2.48. The van der Waals surface area contributed by atoms with Gasteiger partial charge in [-0.2, -0.15) is 5.10 Å². The number of carbonyl (C=O) groups excluding carboxylic acids is 2. The second kappa shape index (κ2) is 8.62. The first-order chi connectivity index (χ1) is 11.6. The van der Waals surface area contributed by atoms with Crippen LogP contribution in [-0.2, 0) is 4.79 Å². The first-order valence-electron chi connectivity index (χ1n) is 7.82. The molecule has 2 amide bonds. The third-order valence-corrected chi connectivity index (χ3v) is 3.46. The molecular weight excluding hydrogens is 302 g/mol. The smallest absolute Gasteiger partial charge is 0.262 e. The van der Waals surface area contributed by atoms with Gasteiger partial charge < -0.3 is 5.32 Å². The second-order valence-electron chi connectivity index (χ2n) is 5.71. The number of amides is 2. The van der Waals surface area contributed by atoms with Crippen molar-refractivity contribution in [2.75, 3.05) is 0 Å². The number of carbonyl (C=O) groups is 2. The number of hydrazone groups is 1. The largest absolute Gasteiger partial charge is 0.340 e. The number of benzene rings is 2. The summed E-state index contributed by atoms with van der Waals surface area (Å²) in [4.78, 5) is 24.5. The van der Waals surface area contributed by atoms with Gasteiger partial charge in [-0.05, 0) is 23.6 Å². The molecule has 1 atom stereocenters. The molecule has 24 heavy (non-hydrogen) atoms. The Morgan fingerprint density at radius 2 is 1.54 bits per heavy atom. The number of rotatable bonds is 6. The van der Waals surface area contributed by atoms with E-state index >= 15 is 0 Å². The maximum atomic E-state index is 12.3. The molecule has 0 fully saturated rings. The molecule has 0 saturated carbocycles. The molecule has 0 aromatic heterocycles. The highest BCUT2D eigenvalue weighted by atomic mass is 16.2. The third-order valence-electron chi connectivity index (χ3n) is 3.46. The van der Waals surface area contributed by atoms with E-state index in [2.05, 4.69) is 15.8 Å². The van der Waals surface area contributed by atoms with E-state index in [0.717, 1.165) is 5.56 Å². The molecule has 0 spiro atoms. The van der Waals surface area contributed by atoms with Crippen molar-refractivity contribution >= 4 is 18.0 Å². The molecule has 0 saturated heterocycles. The van der Waals surface area contributed by atoms with E-state index in [0.29, 0.717) is 5.56 Å². The number of hydrogen-bond donors (Lipinski definition) is 2. The van der Waals surface area contributed by atoms with E-state index in [1.54, 1.807) is 30.5 Å². The summed E-state index contributed by atoms with van der Waals surface area (Å²) in [6, 6.07) is 17.6. The predicted octanol–water partition coefficient (Wildman–Crippen LogP) is 2.59. The molecular formula is C19H21N3O2. The Morgan fingerprint density at radius 3 is 2.12 bits per heavy atom. The fourth-order valence-corrected chi connectivity index (χ4v) is 2.13. The van der Waals surface area contributed by atoms with Crippen LogP contribution in [0.5, 0.6) is 0 Å². The fraction of sp³-hybridized carbons (Fsp3) is 0.211. The molecule has 0 heterocycles. The van der Waals surface area contributed by atoms with E-state index < -0.39 is 6.04 Å². The zero-order valence-corrected chi connectivity index (χ0v) is 13.8. The molecule has 2 N–H and O–H groups in total. The first-order valence-corrected chi connectivity index (χ1v) is 7.82. The van der Waals surface area contributed by atoms with Crippen molar-refractivity contribution in [3.05, 3.63) is 71.8 Å². The molecule has 0 radical (unpaired) electrons. The zero-order valence-electron chi connectivity index (χ0n) is 13.8. The molecule has 0 aliphatic heterocycles. The monoisotopic (exact) mass is 323 g/mol. The van der Waals surface area contributed by atoms with Crippen LogP contribution in [0.15, 0.2) is 65.8 Å². The van der Waals surface area contributed by atoms with Gasteiger partial charge in [0.25, 0.3) is 11.8 Å². The van der Waals surface area contributed by atoms with Gasteiger partial charge in [0.1, 0.15) is 6.04 Å². The Bertz CT molecular complexity index is 697. The molecule has 5 nitrogen and oxygen atoms in total. The molecule has 2 aromatic carbocycles.